The average Bonchev–Trinajstić information content (AvgIpc) is 3.07. The van der Waals surface area contributed by atoms with Crippen LogP contribution in [0.15, 0.2) is 107 Å². The summed E-state index contributed by atoms with van der Waals surface area (Å²) in [6.45, 7) is 6.77. The van der Waals surface area contributed by atoms with Gasteiger partial charge in [0, 0.05) is 26.2 Å². The molecule has 4 aromatic carbocycles. The lowest BCUT2D eigenvalue weighted by Gasteiger charge is -2.29. The van der Waals surface area contributed by atoms with Crippen LogP contribution in [0.1, 0.15) is 47.2 Å². The third-order valence-electron chi connectivity index (χ3n) is 8.47. The Labute approximate surface area is 282 Å². The Morgan fingerprint density at radius 1 is 0.542 bits per heavy atom. The maximum absolute atomic E-state index is 14.1. The lowest BCUT2D eigenvalue weighted by molar-refractivity contribution is -0.125. The summed E-state index contributed by atoms with van der Waals surface area (Å²) in [5.74, 6) is -0.961. The molecule has 5 rings (SSSR count). The van der Waals surface area contributed by atoms with Crippen molar-refractivity contribution in [2.45, 2.75) is 75.7 Å². The van der Waals surface area contributed by atoms with Crippen molar-refractivity contribution in [3.8, 4) is 0 Å². The van der Waals surface area contributed by atoms with Crippen molar-refractivity contribution in [1.82, 2.24) is 19.2 Å². The molecule has 2 atom stereocenters. The molecule has 48 heavy (non-hydrogen) atoms. The molecule has 0 aliphatic carbocycles. The highest BCUT2D eigenvalue weighted by Crippen LogP contribution is 2.25. The largest absolute Gasteiger partial charge is 0.351 e. The lowest BCUT2D eigenvalue weighted by Crippen LogP contribution is -2.47. The Bertz CT molecular complexity index is 1880. The van der Waals surface area contributed by atoms with Crippen molar-refractivity contribution in [1.29, 1.82) is 0 Å². The van der Waals surface area contributed by atoms with Crippen LogP contribution in [0.4, 0.5) is 0 Å². The van der Waals surface area contributed by atoms with Crippen LogP contribution >= 0.6 is 0 Å². The predicted octanol–water partition coefficient (Wildman–Crippen LogP) is 4.41. The molecule has 1 aliphatic heterocycles. The van der Waals surface area contributed by atoms with Gasteiger partial charge < -0.3 is 10.6 Å². The van der Waals surface area contributed by atoms with Gasteiger partial charge in [0.15, 0.2) is 0 Å². The Kier molecular flexibility index (Phi) is 10.5. The van der Waals surface area contributed by atoms with Crippen molar-refractivity contribution in [3.05, 3.63) is 130 Å². The number of carbonyl (C=O) groups is 2. The molecule has 10 nitrogen and oxygen atoms in total. The fourth-order valence-electron chi connectivity index (χ4n) is 5.52. The monoisotopic (exact) mass is 688 g/mol. The van der Waals surface area contributed by atoms with Gasteiger partial charge in [0.2, 0.25) is 31.9 Å². The zero-order valence-corrected chi connectivity index (χ0v) is 29.0. The number of aryl methyl sites for hydroxylation is 2. The van der Waals surface area contributed by atoms with Gasteiger partial charge in [-0.2, -0.15) is 8.61 Å². The topological polar surface area (TPSA) is 133 Å². The minimum atomic E-state index is -4.15. The number of carbonyl (C=O) groups excluding carboxylic acids is 2. The van der Waals surface area contributed by atoms with E-state index in [1.54, 1.807) is 68.4 Å². The van der Waals surface area contributed by atoms with E-state index in [0.717, 1.165) is 30.9 Å². The standard InChI is InChI=1S/C36H40N4O6S2/c1-25-11-15-33(16-12-25)47(43,44)39-23-31-9-6-10-32(20-31)24-40(48(45,46)34-17-13-26(2)14-18-34)28(4)36(42)38-22-30-8-5-7-29(19-30)21-37-35(41)27(39)3/h5-20,27-28H,21-24H2,1-4H3,(H,37,41)(H,38,42)/t27-,28-/m0/s1. The van der Waals surface area contributed by atoms with Crippen LogP contribution in [-0.4, -0.2) is 49.3 Å². The molecule has 0 radical (unpaired) electrons. The van der Waals surface area contributed by atoms with Gasteiger partial charge >= 0.3 is 0 Å². The van der Waals surface area contributed by atoms with Gasteiger partial charge in [-0.15, -0.1) is 0 Å². The maximum Gasteiger partial charge on any atom is 0.244 e. The second kappa shape index (κ2) is 14.4. The van der Waals surface area contributed by atoms with E-state index in [2.05, 4.69) is 10.6 Å². The van der Waals surface area contributed by atoms with Gasteiger partial charge in [0.1, 0.15) is 12.1 Å². The maximum atomic E-state index is 14.1. The summed E-state index contributed by atoms with van der Waals surface area (Å²) in [5.41, 5.74) is 4.37. The van der Waals surface area contributed by atoms with Gasteiger partial charge in [-0.3, -0.25) is 9.59 Å². The Hall–Kier alpha value is -4.36. The number of fused-ring (bicyclic) bond motifs is 4. The molecule has 2 N–H and O–H groups in total. The van der Waals surface area contributed by atoms with E-state index < -0.39 is 43.9 Å². The molecule has 0 aromatic heterocycles. The van der Waals surface area contributed by atoms with E-state index >= 15 is 0 Å². The minimum absolute atomic E-state index is 0.0500. The summed E-state index contributed by atoms with van der Waals surface area (Å²) in [5, 5.41) is 5.73. The molecule has 0 fully saturated rings. The van der Waals surface area contributed by atoms with Crippen LogP contribution in [0.3, 0.4) is 0 Å². The Morgan fingerprint density at radius 3 is 1.25 bits per heavy atom. The molecule has 12 heteroatoms. The van der Waals surface area contributed by atoms with Crippen molar-refractivity contribution in [2.75, 3.05) is 0 Å². The first kappa shape index (κ1) is 35.0. The molecular weight excluding hydrogens is 649 g/mol. The highest BCUT2D eigenvalue weighted by Gasteiger charge is 2.35. The summed E-state index contributed by atoms with van der Waals surface area (Å²) in [6.07, 6.45) is 0. The van der Waals surface area contributed by atoms with Crippen LogP contribution < -0.4 is 10.6 Å². The minimum Gasteiger partial charge on any atom is -0.351 e. The second-order valence-corrected chi connectivity index (χ2v) is 15.9. The van der Waals surface area contributed by atoms with Gasteiger partial charge in [0.05, 0.1) is 9.79 Å². The van der Waals surface area contributed by atoms with E-state index in [1.165, 1.54) is 24.3 Å². The summed E-state index contributed by atoms with van der Waals surface area (Å²) < 4.78 is 58.6. The first-order valence-electron chi connectivity index (χ1n) is 15.6. The predicted molar refractivity (Wildman–Crippen MR) is 183 cm³/mol. The fourth-order valence-corrected chi connectivity index (χ4v) is 8.69. The first-order valence-corrected chi connectivity index (χ1v) is 18.5. The van der Waals surface area contributed by atoms with Gasteiger partial charge in [-0.05, 0) is 74.2 Å². The van der Waals surface area contributed by atoms with E-state index in [4.69, 9.17) is 0 Å². The number of hydrogen-bond donors (Lipinski definition) is 2. The van der Waals surface area contributed by atoms with Crippen molar-refractivity contribution < 1.29 is 26.4 Å². The molecule has 0 unspecified atom stereocenters. The molecule has 1 heterocycles. The summed E-state index contributed by atoms with van der Waals surface area (Å²) in [7, 11) is -8.30. The summed E-state index contributed by atoms with van der Waals surface area (Å²) in [6, 6.07) is 24.8. The molecule has 0 saturated heterocycles. The van der Waals surface area contributed by atoms with Gasteiger partial charge in [-0.25, -0.2) is 16.8 Å². The third kappa shape index (κ3) is 7.84. The quantitative estimate of drug-likeness (QED) is 0.327. The van der Waals surface area contributed by atoms with Crippen LogP contribution in [0.25, 0.3) is 0 Å². The number of nitrogens with zero attached hydrogens (tertiary/aromatic N) is 2. The molecule has 1 aliphatic rings. The zero-order chi connectivity index (χ0) is 34.6. The normalized spacial score (nSPS) is 19.1. The van der Waals surface area contributed by atoms with Crippen molar-refractivity contribution in [2.24, 2.45) is 0 Å². The number of nitrogens with one attached hydrogen (secondary N) is 2. The van der Waals surface area contributed by atoms with Gasteiger partial charge in [-0.1, -0.05) is 83.9 Å². The van der Waals surface area contributed by atoms with E-state index in [9.17, 15) is 26.4 Å². The number of hydrogen-bond acceptors (Lipinski definition) is 6. The van der Waals surface area contributed by atoms with Crippen LogP contribution in [0.2, 0.25) is 0 Å². The second-order valence-electron chi connectivity index (χ2n) is 12.2. The molecule has 252 valence electrons. The fraction of sp³-hybridized carbons (Fsp3) is 0.278. The number of amides is 2. The Balaban J connectivity index is 1.60. The molecule has 2 amide bonds. The number of sulfonamides is 2. The third-order valence-corrected chi connectivity index (χ3v) is 12.3. The van der Waals surface area contributed by atoms with Crippen molar-refractivity contribution >= 4 is 31.9 Å². The zero-order valence-electron chi connectivity index (χ0n) is 27.4. The molecular formula is C36H40N4O6S2. The number of benzene rings is 4. The highest BCUT2D eigenvalue weighted by molar-refractivity contribution is 7.89. The first-order chi connectivity index (χ1) is 22.8. The molecule has 4 aromatic rings. The van der Waals surface area contributed by atoms with E-state index in [0.29, 0.717) is 11.1 Å². The molecule has 0 spiro atoms. The lowest BCUT2D eigenvalue weighted by atomic mass is 10.1. The van der Waals surface area contributed by atoms with Crippen LogP contribution in [0.5, 0.6) is 0 Å². The van der Waals surface area contributed by atoms with Crippen LogP contribution in [-0.2, 0) is 55.8 Å². The summed E-state index contributed by atoms with van der Waals surface area (Å²) >= 11 is 0. The van der Waals surface area contributed by atoms with Crippen LogP contribution in [0, 0.1) is 13.8 Å². The molecule has 4 bridgehead atoms. The highest BCUT2D eigenvalue weighted by atomic mass is 32.2. The number of rotatable bonds is 4. The Morgan fingerprint density at radius 2 is 0.875 bits per heavy atom. The molecule has 0 saturated carbocycles. The van der Waals surface area contributed by atoms with Crippen molar-refractivity contribution in [3.63, 3.8) is 0 Å². The smallest absolute Gasteiger partial charge is 0.244 e. The summed E-state index contributed by atoms with van der Waals surface area (Å²) in [4.78, 5) is 27.1. The van der Waals surface area contributed by atoms with Gasteiger partial charge in [0.25, 0.3) is 0 Å². The average molecular weight is 689 g/mol. The van der Waals surface area contributed by atoms with E-state index in [1.807, 2.05) is 32.0 Å². The van der Waals surface area contributed by atoms with E-state index in [-0.39, 0.29) is 36.0 Å². The SMILES string of the molecule is Cc1ccc(S(=O)(=O)N2Cc3cccc(c3)CN(S(=O)(=O)c3ccc(C)cc3)[C@@H](C)C(=O)NCc3cccc(c3)CNC(=O)[C@@H]2C)cc1.